The number of esters is 1. The standard InChI is InChI=1S/C21H26O11/c1-3-4-7-28-11-5-6-12-13(8-11)30-20(27)19(29-10(2)23)18(12)32-21-17(26)16(25)15(24)14(9-22)31-21/h5-6,8,14-17,21-22,24-26H,3-4,7,9H2,1-2H3/t14-,15+,16+,17-,21+/m1/s1. The van der Waals surface area contributed by atoms with Crippen LogP contribution >= 0.6 is 0 Å². The van der Waals surface area contributed by atoms with E-state index in [2.05, 4.69) is 0 Å². The van der Waals surface area contributed by atoms with Crippen LogP contribution in [-0.4, -0.2) is 70.3 Å². The SMILES string of the molecule is CCCCOc1ccc2c(O[C@@H]3O[C@H](CO)[C@H](O)[C@H](O)[C@H]3O)c(OC(C)=O)c(=O)oc2c1. The van der Waals surface area contributed by atoms with Gasteiger partial charge in [-0.25, -0.2) is 4.79 Å². The molecule has 1 saturated heterocycles. The quantitative estimate of drug-likeness (QED) is 0.242. The number of ether oxygens (including phenoxy) is 4. The number of hydrogen-bond acceptors (Lipinski definition) is 11. The third-order valence-corrected chi connectivity index (χ3v) is 4.89. The number of carbonyl (C=O) groups excluding carboxylic acids is 1. The Hall–Kier alpha value is -2.70. The van der Waals surface area contributed by atoms with Crippen LogP contribution in [0.3, 0.4) is 0 Å². The Morgan fingerprint density at radius 1 is 1.12 bits per heavy atom. The summed E-state index contributed by atoms with van der Waals surface area (Å²) in [6.45, 7) is 2.89. The van der Waals surface area contributed by atoms with E-state index >= 15 is 0 Å². The smallest absolute Gasteiger partial charge is 0.383 e. The van der Waals surface area contributed by atoms with Crippen LogP contribution in [0.5, 0.6) is 17.2 Å². The summed E-state index contributed by atoms with van der Waals surface area (Å²) in [5.74, 6) is -1.25. The van der Waals surface area contributed by atoms with Crippen molar-refractivity contribution in [3.63, 3.8) is 0 Å². The molecule has 0 radical (unpaired) electrons. The topological polar surface area (TPSA) is 165 Å². The van der Waals surface area contributed by atoms with Crippen LogP contribution in [0.4, 0.5) is 0 Å². The van der Waals surface area contributed by atoms with Gasteiger partial charge in [0, 0.05) is 13.0 Å². The van der Waals surface area contributed by atoms with Crippen molar-refractivity contribution in [2.45, 2.75) is 57.4 Å². The van der Waals surface area contributed by atoms with Gasteiger partial charge in [0.25, 0.3) is 5.75 Å². The minimum absolute atomic E-state index is 0.0551. The van der Waals surface area contributed by atoms with E-state index in [-0.39, 0.29) is 16.7 Å². The largest absolute Gasteiger partial charge is 0.493 e. The Labute approximate surface area is 182 Å². The van der Waals surface area contributed by atoms with Crippen molar-refractivity contribution >= 4 is 16.9 Å². The zero-order valence-corrected chi connectivity index (χ0v) is 17.6. The van der Waals surface area contributed by atoms with Gasteiger partial charge in [0.05, 0.1) is 18.6 Å². The molecule has 4 N–H and O–H groups in total. The molecule has 1 aromatic heterocycles. The van der Waals surface area contributed by atoms with Crippen LogP contribution in [0.2, 0.25) is 0 Å². The number of aliphatic hydroxyl groups is 4. The van der Waals surface area contributed by atoms with E-state index in [4.69, 9.17) is 23.4 Å². The third kappa shape index (κ3) is 5.03. The molecular weight excluding hydrogens is 428 g/mol. The van der Waals surface area contributed by atoms with Crippen LogP contribution < -0.4 is 19.8 Å². The Morgan fingerprint density at radius 2 is 1.88 bits per heavy atom. The van der Waals surface area contributed by atoms with Crippen molar-refractivity contribution in [1.82, 2.24) is 0 Å². The molecule has 2 aromatic rings. The maximum Gasteiger partial charge on any atom is 0.383 e. The summed E-state index contributed by atoms with van der Waals surface area (Å²) in [5, 5.41) is 39.8. The Kier molecular flexibility index (Phi) is 7.69. The fourth-order valence-corrected chi connectivity index (χ4v) is 3.19. The van der Waals surface area contributed by atoms with E-state index in [1.54, 1.807) is 6.07 Å². The maximum atomic E-state index is 12.5. The van der Waals surface area contributed by atoms with Crippen molar-refractivity contribution in [3.05, 3.63) is 28.6 Å². The number of hydrogen-bond donors (Lipinski definition) is 4. The third-order valence-electron chi connectivity index (χ3n) is 4.89. The molecular formula is C21H26O11. The van der Waals surface area contributed by atoms with Gasteiger partial charge < -0.3 is 43.8 Å². The van der Waals surface area contributed by atoms with Gasteiger partial charge >= 0.3 is 11.6 Å². The van der Waals surface area contributed by atoms with E-state index in [0.29, 0.717) is 12.4 Å². The molecule has 0 bridgehead atoms. The highest BCUT2D eigenvalue weighted by Crippen LogP contribution is 2.37. The van der Waals surface area contributed by atoms with Gasteiger partial charge in [-0.05, 0) is 18.6 Å². The first kappa shape index (κ1) is 24.0. The van der Waals surface area contributed by atoms with Gasteiger partial charge in [-0.15, -0.1) is 0 Å². The summed E-state index contributed by atoms with van der Waals surface area (Å²) in [7, 11) is 0. The second kappa shape index (κ2) is 10.3. The summed E-state index contributed by atoms with van der Waals surface area (Å²) in [6.07, 6.45) is -6.11. The molecule has 1 aliphatic heterocycles. The minimum atomic E-state index is -1.74. The van der Waals surface area contributed by atoms with E-state index < -0.39 is 54.7 Å². The molecule has 176 valence electrons. The molecule has 0 unspecified atom stereocenters. The molecule has 1 aliphatic rings. The summed E-state index contributed by atoms with van der Waals surface area (Å²) < 4.78 is 26.8. The number of benzene rings is 1. The number of rotatable bonds is 8. The highest BCUT2D eigenvalue weighted by Gasteiger charge is 2.45. The lowest BCUT2D eigenvalue weighted by atomic mass is 9.99. The lowest BCUT2D eigenvalue weighted by molar-refractivity contribution is -0.277. The van der Waals surface area contributed by atoms with Crippen LogP contribution in [-0.2, 0) is 9.53 Å². The lowest BCUT2D eigenvalue weighted by Crippen LogP contribution is -2.60. The minimum Gasteiger partial charge on any atom is -0.493 e. The first-order valence-electron chi connectivity index (χ1n) is 10.2. The maximum absolute atomic E-state index is 12.5. The molecule has 0 aliphatic carbocycles. The number of aliphatic hydroxyl groups excluding tert-OH is 4. The highest BCUT2D eigenvalue weighted by atomic mass is 16.7. The molecule has 1 aromatic carbocycles. The molecule has 2 heterocycles. The number of fused-ring (bicyclic) bond motifs is 1. The van der Waals surface area contributed by atoms with Gasteiger partial charge in [0.1, 0.15) is 35.7 Å². The highest BCUT2D eigenvalue weighted by molar-refractivity contribution is 5.87. The van der Waals surface area contributed by atoms with Crippen LogP contribution in [0.25, 0.3) is 11.0 Å². The molecule has 11 heteroatoms. The van der Waals surface area contributed by atoms with Gasteiger partial charge in [-0.1, -0.05) is 13.3 Å². The molecule has 32 heavy (non-hydrogen) atoms. The predicted molar refractivity (Wildman–Crippen MR) is 109 cm³/mol. The van der Waals surface area contributed by atoms with Gasteiger partial charge in [-0.3, -0.25) is 4.79 Å². The fraction of sp³-hybridized carbons (Fsp3) is 0.524. The van der Waals surface area contributed by atoms with Crippen molar-refractivity contribution < 1.29 is 48.6 Å². The van der Waals surface area contributed by atoms with Crippen LogP contribution in [0.1, 0.15) is 26.7 Å². The first-order valence-corrected chi connectivity index (χ1v) is 10.2. The summed E-state index contributed by atoms with van der Waals surface area (Å²) in [4.78, 5) is 24.1. The molecule has 0 saturated carbocycles. The van der Waals surface area contributed by atoms with E-state index in [0.717, 1.165) is 19.8 Å². The normalized spacial score (nSPS) is 25.5. The second-order valence-corrected chi connectivity index (χ2v) is 7.32. The average Bonchev–Trinajstić information content (AvgIpc) is 2.76. The van der Waals surface area contributed by atoms with Gasteiger partial charge in [-0.2, -0.15) is 0 Å². The van der Waals surface area contributed by atoms with Gasteiger partial charge in [0.2, 0.25) is 6.29 Å². The second-order valence-electron chi connectivity index (χ2n) is 7.32. The van der Waals surface area contributed by atoms with E-state index in [9.17, 15) is 30.0 Å². The molecule has 0 amide bonds. The molecule has 5 atom stereocenters. The average molecular weight is 454 g/mol. The number of carbonyl (C=O) groups is 1. The Morgan fingerprint density at radius 3 is 2.53 bits per heavy atom. The molecule has 11 nitrogen and oxygen atoms in total. The first-order chi connectivity index (χ1) is 15.3. The van der Waals surface area contributed by atoms with Crippen molar-refractivity contribution in [2.75, 3.05) is 13.2 Å². The molecule has 3 rings (SSSR count). The molecule has 1 fully saturated rings. The summed E-state index contributed by atoms with van der Waals surface area (Å²) >= 11 is 0. The number of unbranched alkanes of at least 4 members (excludes halogenated alkanes) is 1. The van der Waals surface area contributed by atoms with Crippen LogP contribution in [0, 0.1) is 0 Å². The van der Waals surface area contributed by atoms with Crippen molar-refractivity contribution in [1.29, 1.82) is 0 Å². The summed E-state index contributed by atoms with van der Waals surface area (Å²) in [5.41, 5.74) is -0.975. The lowest BCUT2D eigenvalue weighted by Gasteiger charge is -2.39. The monoisotopic (exact) mass is 454 g/mol. The van der Waals surface area contributed by atoms with Crippen molar-refractivity contribution in [2.24, 2.45) is 0 Å². The zero-order valence-electron chi connectivity index (χ0n) is 17.6. The molecule has 0 spiro atoms. The van der Waals surface area contributed by atoms with Crippen LogP contribution in [0.15, 0.2) is 27.4 Å². The van der Waals surface area contributed by atoms with Gasteiger partial charge in [0.15, 0.2) is 5.75 Å². The Bertz CT molecular complexity index is 999. The van der Waals surface area contributed by atoms with E-state index in [1.165, 1.54) is 12.1 Å². The predicted octanol–water partition coefficient (Wildman–Crippen LogP) is 0.0759. The van der Waals surface area contributed by atoms with E-state index in [1.807, 2.05) is 6.92 Å². The fourth-order valence-electron chi connectivity index (χ4n) is 3.19. The van der Waals surface area contributed by atoms with Crippen molar-refractivity contribution in [3.8, 4) is 17.2 Å². The summed E-state index contributed by atoms with van der Waals surface area (Å²) in [6, 6.07) is 4.56. The zero-order chi connectivity index (χ0) is 23.4. The Balaban J connectivity index is 2.03.